The summed E-state index contributed by atoms with van der Waals surface area (Å²) in [6.45, 7) is 0.200. The number of rotatable bonds is 8. The molecule has 0 bridgehead atoms. The molecule has 38 heavy (non-hydrogen) atoms. The van der Waals surface area contributed by atoms with Crippen molar-refractivity contribution in [3.05, 3.63) is 96.3 Å². The summed E-state index contributed by atoms with van der Waals surface area (Å²) >= 11 is 0. The molecule has 0 unspecified atom stereocenters. The van der Waals surface area contributed by atoms with Gasteiger partial charge in [-0.05, 0) is 30.3 Å². The number of anilines is 2. The van der Waals surface area contributed by atoms with Crippen LogP contribution in [0.3, 0.4) is 0 Å². The third-order valence-corrected chi connectivity index (χ3v) is 6.06. The molecule has 0 atom stereocenters. The van der Waals surface area contributed by atoms with Crippen LogP contribution >= 0.6 is 0 Å². The Labute approximate surface area is 217 Å². The van der Waals surface area contributed by atoms with Gasteiger partial charge in [-0.2, -0.15) is 0 Å². The lowest BCUT2D eigenvalue weighted by Crippen LogP contribution is -2.26. The van der Waals surface area contributed by atoms with Gasteiger partial charge in [0, 0.05) is 42.9 Å². The normalized spacial score (nSPS) is 10.9. The van der Waals surface area contributed by atoms with Crippen LogP contribution in [0.15, 0.2) is 89.5 Å². The highest BCUT2D eigenvalue weighted by atomic mass is 16.5. The van der Waals surface area contributed by atoms with Crippen LogP contribution in [0.1, 0.15) is 27.3 Å². The Morgan fingerprint density at radius 3 is 2.39 bits per heavy atom. The number of hydrogen-bond acceptors (Lipinski definition) is 6. The van der Waals surface area contributed by atoms with Crippen LogP contribution in [0.5, 0.6) is 0 Å². The minimum Gasteiger partial charge on any atom is -0.370 e. The minimum absolute atomic E-state index is 0.00578. The number of nitrogens with one attached hydrogen (secondary N) is 1. The van der Waals surface area contributed by atoms with Crippen molar-refractivity contribution in [2.45, 2.75) is 13.0 Å². The van der Waals surface area contributed by atoms with Crippen LogP contribution in [-0.4, -0.2) is 39.5 Å². The second-order valence-corrected chi connectivity index (χ2v) is 8.60. The lowest BCUT2D eigenvalue weighted by Gasteiger charge is -2.17. The summed E-state index contributed by atoms with van der Waals surface area (Å²) in [6, 6.07) is 25.1. The van der Waals surface area contributed by atoms with Gasteiger partial charge in [0.25, 0.3) is 11.8 Å². The molecule has 3 N–H and O–H groups in total. The average Bonchev–Trinajstić information content (AvgIpc) is 3.57. The summed E-state index contributed by atoms with van der Waals surface area (Å²) in [5.41, 5.74) is 9.07. The largest absolute Gasteiger partial charge is 0.370 e. The van der Waals surface area contributed by atoms with E-state index in [2.05, 4.69) is 15.5 Å². The number of amides is 3. The first-order valence-corrected chi connectivity index (χ1v) is 11.9. The second-order valence-electron chi connectivity index (χ2n) is 8.60. The van der Waals surface area contributed by atoms with Gasteiger partial charge < -0.3 is 19.7 Å². The summed E-state index contributed by atoms with van der Waals surface area (Å²) in [4.78, 5) is 43.5. The first-order chi connectivity index (χ1) is 18.4. The van der Waals surface area contributed by atoms with E-state index in [1.807, 2.05) is 36.4 Å². The quantitative estimate of drug-likeness (QED) is 0.324. The van der Waals surface area contributed by atoms with E-state index in [0.717, 1.165) is 5.56 Å². The Morgan fingerprint density at radius 1 is 0.974 bits per heavy atom. The fourth-order valence-electron chi connectivity index (χ4n) is 4.05. The van der Waals surface area contributed by atoms with Gasteiger partial charge in [-0.1, -0.05) is 53.7 Å². The molecule has 10 nitrogen and oxygen atoms in total. The van der Waals surface area contributed by atoms with Gasteiger partial charge in [0.2, 0.25) is 17.6 Å². The van der Waals surface area contributed by atoms with E-state index in [1.165, 1.54) is 4.90 Å². The summed E-state index contributed by atoms with van der Waals surface area (Å²) in [5, 5.41) is 6.73. The van der Waals surface area contributed by atoms with Crippen LogP contribution in [0.4, 0.5) is 11.6 Å². The van der Waals surface area contributed by atoms with E-state index >= 15 is 0 Å². The molecular formula is C28H24N6O4. The Balaban J connectivity index is 1.44. The van der Waals surface area contributed by atoms with Crippen molar-refractivity contribution in [3.63, 3.8) is 0 Å². The van der Waals surface area contributed by atoms with Gasteiger partial charge in [-0.15, -0.1) is 0 Å². The summed E-state index contributed by atoms with van der Waals surface area (Å²) in [6.07, 6.45) is 0.0446. The Kier molecular flexibility index (Phi) is 6.68. The zero-order valence-electron chi connectivity index (χ0n) is 20.5. The van der Waals surface area contributed by atoms with E-state index in [0.29, 0.717) is 28.0 Å². The van der Waals surface area contributed by atoms with Crippen molar-refractivity contribution >= 4 is 40.4 Å². The number of fused-ring (bicyclic) bond motifs is 1. The molecule has 2 aromatic heterocycles. The molecule has 0 spiro atoms. The highest BCUT2D eigenvalue weighted by Gasteiger charge is 2.20. The molecule has 5 aromatic rings. The highest BCUT2D eigenvalue weighted by Crippen LogP contribution is 2.27. The summed E-state index contributed by atoms with van der Waals surface area (Å²) in [7, 11) is 1.68. The maximum absolute atomic E-state index is 13.0. The molecule has 0 radical (unpaired) electrons. The van der Waals surface area contributed by atoms with Crippen LogP contribution in [0.2, 0.25) is 0 Å². The van der Waals surface area contributed by atoms with Crippen molar-refractivity contribution in [1.82, 2.24) is 14.7 Å². The van der Waals surface area contributed by atoms with E-state index in [4.69, 9.17) is 10.3 Å². The van der Waals surface area contributed by atoms with E-state index in [1.54, 1.807) is 60.1 Å². The molecule has 3 amide bonds. The van der Waals surface area contributed by atoms with Crippen LogP contribution in [0.25, 0.3) is 22.3 Å². The number of carbonyl (C=O) groups is 3. The predicted octanol–water partition coefficient (Wildman–Crippen LogP) is 4.10. The Hall–Kier alpha value is -5.25. The molecule has 0 saturated carbocycles. The topological polar surface area (TPSA) is 136 Å². The first kappa shape index (κ1) is 24.4. The number of aromatic nitrogens is 3. The van der Waals surface area contributed by atoms with Crippen LogP contribution < -0.4 is 16.0 Å². The standard InChI is InChI=1S/C28H24N6O4/c1-33(27(37)19-10-6-3-7-11-19)20-12-13-23-22(16-20)30-28(34(23)15-14-25(29)35)31-26(36)24-17-21(32-38-24)18-8-4-2-5-9-18/h2-13,16-17H,14-15H2,1H3,(H2,29,35)(H,30,31,36). The van der Waals surface area contributed by atoms with Gasteiger partial charge in [0.05, 0.1) is 11.0 Å². The lowest BCUT2D eigenvalue weighted by atomic mass is 10.1. The van der Waals surface area contributed by atoms with Gasteiger partial charge in [-0.3, -0.25) is 19.7 Å². The number of hydrogen-bond donors (Lipinski definition) is 2. The van der Waals surface area contributed by atoms with E-state index in [-0.39, 0.29) is 30.6 Å². The fraction of sp³-hybridized carbons (Fsp3) is 0.107. The van der Waals surface area contributed by atoms with E-state index < -0.39 is 11.8 Å². The number of aryl methyl sites for hydroxylation is 1. The first-order valence-electron chi connectivity index (χ1n) is 11.9. The number of nitrogens with two attached hydrogens (primary N) is 1. The molecular weight excluding hydrogens is 484 g/mol. The number of primary amides is 1. The van der Waals surface area contributed by atoms with Gasteiger partial charge in [-0.25, -0.2) is 4.98 Å². The van der Waals surface area contributed by atoms with Gasteiger partial charge in [0.1, 0.15) is 5.69 Å². The van der Waals surface area contributed by atoms with Crippen molar-refractivity contribution in [2.24, 2.45) is 5.73 Å². The Bertz CT molecular complexity index is 1630. The smallest absolute Gasteiger partial charge is 0.296 e. The van der Waals surface area contributed by atoms with E-state index in [9.17, 15) is 14.4 Å². The van der Waals surface area contributed by atoms with Crippen molar-refractivity contribution < 1.29 is 18.9 Å². The highest BCUT2D eigenvalue weighted by molar-refractivity contribution is 6.07. The van der Waals surface area contributed by atoms with Crippen molar-refractivity contribution in [3.8, 4) is 11.3 Å². The molecule has 2 heterocycles. The number of nitrogens with zero attached hydrogens (tertiary/aromatic N) is 4. The molecule has 3 aromatic carbocycles. The molecule has 0 aliphatic heterocycles. The average molecular weight is 509 g/mol. The molecule has 10 heteroatoms. The monoisotopic (exact) mass is 508 g/mol. The Morgan fingerprint density at radius 2 is 1.68 bits per heavy atom. The second kappa shape index (κ2) is 10.4. The lowest BCUT2D eigenvalue weighted by molar-refractivity contribution is -0.118. The number of carbonyl (C=O) groups excluding carboxylic acids is 3. The van der Waals surface area contributed by atoms with Crippen LogP contribution in [-0.2, 0) is 11.3 Å². The van der Waals surface area contributed by atoms with Gasteiger partial charge >= 0.3 is 0 Å². The minimum atomic E-state index is -0.549. The van der Waals surface area contributed by atoms with Crippen LogP contribution in [0, 0.1) is 0 Å². The molecule has 0 aliphatic carbocycles. The van der Waals surface area contributed by atoms with Crippen molar-refractivity contribution in [1.29, 1.82) is 0 Å². The molecule has 0 saturated heterocycles. The summed E-state index contributed by atoms with van der Waals surface area (Å²) in [5.74, 6) is -1.00. The number of benzene rings is 3. The molecule has 0 fully saturated rings. The number of imidazole rings is 1. The van der Waals surface area contributed by atoms with Gasteiger partial charge in [0.15, 0.2) is 0 Å². The molecule has 190 valence electrons. The fourth-order valence-corrected chi connectivity index (χ4v) is 4.05. The zero-order chi connectivity index (χ0) is 26.6. The zero-order valence-corrected chi connectivity index (χ0v) is 20.5. The van der Waals surface area contributed by atoms with Crippen molar-refractivity contribution in [2.75, 3.05) is 17.3 Å². The SMILES string of the molecule is CN(C(=O)c1ccccc1)c1ccc2c(c1)nc(NC(=O)c1cc(-c3ccccc3)no1)n2CCC(N)=O. The third kappa shape index (κ3) is 5.00. The summed E-state index contributed by atoms with van der Waals surface area (Å²) < 4.78 is 6.96. The predicted molar refractivity (Wildman–Crippen MR) is 143 cm³/mol. The third-order valence-electron chi connectivity index (χ3n) is 6.06. The maximum atomic E-state index is 13.0. The maximum Gasteiger partial charge on any atom is 0.296 e. The molecule has 5 rings (SSSR count). The molecule has 0 aliphatic rings.